The number of carbonyl (C=O) groups excluding carboxylic acids is 2. The third kappa shape index (κ3) is 4.66. The third-order valence-corrected chi connectivity index (χ3v) is 5.92. The van der Waals surface area contributed by atoms with Crippen LogP contribution in [0.3, 0.4) is 0 Å². The van der Waals surface area contributed by atoms with Crippen LogP contribution in [0.1, 0.15) is 48.9 Å². The molecule has 1 atom stereocenters. The standard InChI is InChI=1S/C26H28N4O6/c1-16-11-12-20-19(13-16)26(27-24(32)35-25(3,4)5,14-21-22(30(33)34)17(2)28-36-21)23(31)29(20)15-18-9-7-6-8-10-18/h6-13H,14-15H2,1-5H3,(H,27,32)/t26-/m1/s1. The Balaban J connectivity index is 1.87. The fraction of sp³-hybridized carbons (Fsp3) is 0.346. The predicted octanol–water partition coefficient (Wildman–Crippen LogP) is 4.71. The second kappa shape index (κ2) is 9.10. The maximum Gasteiger partial charge on any atom is 0.408 e. The zero-order valence-corrected chi connectivity index (χ0v) is 20.8. The van der Waals surface area contributed by atoms with Gasteiger partial charge >= 0.3 is 11.8 Å². The van der Waals surface area contributed by atoms with Gasteiger partial charge in [-0.2, -0.15) is 0 Å². The molecule has 0 fully saturated rings. The highest BCUT2D eigenvalue weighted by Gasteiger charge is 2.54. The van der Waals surface area contributed by atoms with Crippen LogP contribution in [-0.4, -0.2) is 27.7 Å². The topological polar surface area (TPSA) is 128 Å². The second-order valence-corrected chi connectivity index (χ2v) is 9.90. The third-order valence-electron chi connectivity index (χ3n) is 5.92. The van der Waals surface area contributed by atoms with Gasteiger partial charge in [0.25, 0.3) is 5.91 Å². The number of nitro groups is 1. The van der Waals surface area contributed by atoms with Gasteiger partial charge in [0.2, 0.25) is 5.76 Å². The van der Waals surface area contributed by atoms with Crippen LogP contribution in [0.25, 0.3) is 0 Å². The number of hydrogen-bond acceptors (Lipinski definition) is 7. The summed E-state index contributed by atoms with van der Waals surface area (Å²) in [5, 5.41) is 18.3. The highest BCUT2D eigenvalue weighted by Crippen LogP contribution is 2.45. The summed E-state index contributed by atoms with van der Waals surface area (Å²) in [6.45, 7) is 8.69. The monoisotopic (exact) mass is 492 g/mol. The SMILES string of the molecule is Cc1ccc2c(c1)[C@@](Cc1onc(C)c1[N+](=O)[O-])(NC(=O)OC(C)(C)C)C(=O)N2Cc1ccccc1. The minimum Gasteiger partial charge on any atom is -0.444 e. The molecule has 0 radical (unpaired) electrons. The average molecular weight is 493 g/mol. The maximum atomic E-state index is 14.2. The molecule has 2 aromatic carbocycles. The van der Waals surface area contributed by atoms with Crippen LogP contribution in [-0.2, 0) is 28.0 Å². The molecular formula is C26H28N4O6. The number of hydrogen-bond donors (Lipinski definition) is 1. The Bertz CT molecular complexity index is 1330. The molecule has 10 nitrogen and oxygen atoms in total. The molecule has 188 valence electrons. The van der Waals surface area contributed by atoms with E-state index in [9.17, 15) is 19.7 Å². The smallest absolute Gasteiger partial charge is 0.408 e. The average Bonchev–Trinajstić information content (AvgIpc) is 3.24. The molecule has 0 saturated heterocycles. The van der Waals surface area contributed by atoms with Crippen LogP contribution in [0.2, 0.25) is 0 Å². The summed E-state index contributed by atoms with van der Waals surface area (Å²) < 4.78 is 10.8. The summed E-state index contributed by atoms with van der Waals surface area (Å²) in [5.74, 6) is -0.572. The molecule has 1 aromatic heterocycles. The van der Waals surface area contributed by atoms with E-state index in [-0.39, 0.29) is 30.1 Å². The first kappa shape index (κ1) is 24.9. The van der Waals surface area contributed by atoms with Gasteiger partial charge < -0.3 is 19.5 Å². The fourth-order valence-corrected chi connectivity index (χ4v) is 4.42. The van der Waals surface area contributed by atoms with Gasteiger partial charge in [-0.05, 0) is 46.2 Å². The molecule has 36 heavy (non-hydrogen) atoms. The Labute approximate surface area is 208 Å². The van der Waals surface area contributed by atoms with Gasteiger partial charge in [0.15, 0.2) is 11.2 Å². The molecule has 1 aliphatic heterocycles. The van der Waals surface area contributed by atoms with Gasteiger partial charge in [-0.25, -0.2) is 4.79 Å². The van der Waals surface area contributed by atoms with Gasteiger partial charge in [-0.3, -0.25) is 14.9 Å². The van der Waals surface area contributed by atoms with E-state index in [0.29, 0.717) is 11.3 Å². The summed E-state index contributed by atoms with van der Waals surface area (Å²) in [5.41, 5.74) is 0.0221. The number of aryl methyl sites for hydroxylation is 2. The fourth-order valence-electron chi connectivity index (χ4n) is 4.42. The first-order valence-electron chi connectivity index (χ1n) is 11.5. The lowest BCUT2D eigenvalue weighted by molar-refractivity contribution is -0.386. The van der Waals surface area contributed by atoms with E-state index in [4.69, 9.17) is 9.26 Å². The number of nitrogens with zero attached hydrogens (tertiary/aromatic N) is 3. The molecule has 1 N–H and O–H groups in total. The summed E-state index contributed by atoms with van der Waals surface area (Å²) in [6.07, 6.45) is -1.15. The highest BCUT2D eigenvalue weighted by atomic mass is 16.6. The summed E-state index contributed by atoms with van der Waals surface area (Å²) in [6, 6.07) is 14.9. The Morgan fingerprint density at radius 2 is 1.89 bits per heavy atom. The van der Waals surface area contributed by atoms with Crippen LogP contribution in [0.15, 0.2) is 53.1 Å². The van der Waals surface area contributed by atoms with Crippen molar-refractivity contribution in [2.45, 2.75) is 58.7 Å². The van der Waals surface area contributed by atoms with Gasteiger partial charge in [-0.15, -0.1) is 0 Å². The van der Waals surface area contributed by atoms with E-state index >= 15 is 0 Å². The lowest BCUT2D eigenvalue weighted by Gasteiger charge is -2.30. The largest absolute Gasteiger partial charge is 0.444 e. The first-order chi connectivity index (χ1) is 16.9. The Kier molecular flexibility index (Phi) is 6.30. The van der Waals surface area contributed by atoms with E-state index in [1.807, 2.05) is 49.4 Å². The molecule has 10 heteroatoms. The van der Waals surface area contributed by atoms with Crippen molar-refractivity contribution in [3.05, 3.63) is 86.8 Å². The van der Waals surface area contributed by atoms with Gasteiger partial charge in [0, 0.05) is 5.56 Å². The van der Waals surface area contributed by atoms with E-state index in [2.05, 4.69) is 10.5 Å². The minimum absolute atomic E-state index is 0.0819. The Morgan fingerprint density at radius 1 is 1.19 bits per heavy atom. The van der Waals surface area contributed by atoms with Crippen molar-refractivity contribution in [2.75, 3.05) is 4.90 Å². The number of alkyl carbamates (subject to hydrolysis) is 1. The number of nitrogens with one attached hydrogen (secondary N) is 1. The van der Waals surface area contributed by atoms with Crippen molar-refractivity contribution in [3.8, 4) is 0 Å². The molecule has 0 unspecified atom stereocenters. The van der Waals surface area contributed by atoms with E-state index in [1.165, 1.54) is 6.92 Å². The Hall–Kier alpha value is -4.21. The minimum atomic E-state index is -1.71. The predicted molar refractivity (Wildman–Crippen MR) is 131 cm³/mol. The number of ether oxygens (including phenoxy) is 1. The highest BCUT2D eigenvalue weighted by molar-refractivity contribution is 6.09. The van der Waals surface area contributed by atoms with Gasteiger partial charge in [-0.1, -0.05) is 53.2 Å². The molecule has 0 saturated carbocycles. The van der Waals surface area contributed by atoms with E-state index in [0.717, 1.165) is 11.1 Å². The second-order valence-electron chi connectivity index (χ2n) is 9.90. The van der Waals surface area contributed by atoms with E-state index in [1.54, 1.807) is 31.7 Å². The van der Waals surface area contributed by atoms with Crippen molar-refractivity contribution in [1.29, 1.82) is 0 Å². The zero-order chi connectivity index (χ0) is 26.3. The molecule has 4 rings (SSSR count). The molecule has 3 aromatic rings. The normalized spacial score (nSPS) is 17.1. The van der Waals surface area contributed by atoms with Crippen LogP contribution < -0.4 is 10.2 Å². The number of fused-ring (bicyclic) bond motifs is 1. The molecule has 0 aliphatic carbocycles. The number of carbonyl (C=O) groups is 2. The molecule has 0 bridgehead atoms. The molecule has 2 heterocycles. The first-order valence-corrected chi connectivity index (χ1v) is 11.5. The quantitative estimate of drug-likeness (QED) is 0.390. The lowest BCUT2D eigenvalue weighted by atomic mass is 9.85. The maximum absolute atomic E-state index is 14.2. The van der Waals surface area contributed by atoms with Gasteiger partial charge in [0.05, 0.1) is 23.6 Å². The zero-order valence-electron chi connectivity index (χ0n) is 20.8. The van der Waals surface area contributed by atoms with Crippen molar-refractivity contribution in [3.63, 3.8) is 0 Å². The van der Waals surface area contributed by atoms with Crippen LogP contribution in [0.5, 0.6) is 0 Å². The number of aromatic nitrogens is 1. The lowest BCUT2D eigenvalue weighted by Crippen LogP contribution is -2.55. The van der Waals surface area contributed by atoms with Crippen LogP contribution in [0, 0.1) is 24.0 Å². The van der Waals surface area contributed by atoms with Crippen molar-refractivity contribution < 1.29 is 23.8 Å². The van der Waals surface area contributed by atoms with Crippen molar-refractivity contribution in [1.82, 2.24) is 10.5 Å². The summed E-state index contributed by atoms with van der Waals surface area (Å²) in [7, 11) is 0. The molecule has 2 amide bonds. The Morgan fingerprint density at radius 3 is 2.53 bits per heavy atom. The summed E-state index contributed by atoms with van der Waals surface area (Å²) in [4.78, 5) is 40.0. The number of amides is 2. The number of rotatable bonds is 6. The molecule has 0 spiro atoms. The van der Waals surface area contributed by atoms with Crippen molar-refractivity contribution in [2.24, 2.45) is 0 Å². The van der Waals surface area contributed by atoms with Crippen LogP contribution in [0.4, 0.5) is 16.2 Å². The number of anilines is 1. The van der Waals surface area contributed by atoms with Gasteiger partial charge in [0.1, 0.15) is 5.60 Å². The molecular weight excluding hydrogens is 464 g/mol. The van der Waals surface area contributed by atoms with Crippen molar-refractivity contribution >= 4 is 23.4 Å². The van der Waals surface area contributed by atoms with E-state index < -0.39 is 28.1 Å². The number of benzene rings is 2. The summed E-state index contributed by atoms with van der Waals surface area (Å²) >= 11 is 0. The van der Waals surface area contributed by atoms with Crippen LogP contribution >= 0.6 is 0 Å². The molecule has 1 aliphatic rings.